The van der Waals surface area contributed by atoms with E-state index in [-0.39, 0.29) is 31.4 Å². The van der Waals surface area contributed by atoms with Gasteiger partial charge < -0.3 is 14.4 Å². The van der Waals surface area contributed by atoms with Crippen molar-refractivity contribution >= 4 is 35.1 Å². The molecular weight excluding hydrogens is 317 g/mol. The molecule has 0 N–H and O–H groups in total. The minimum Gasteiger partial charge on any atom is -0.484 e. The molecule has 0 aliphatic carbocycles. The van der Waals surface area contributed by atoms with Crippen LogP contribution in [0.2, 0.25) is 10.0 Å². The van der Waals surface area contributed by atoms with Crippen LogP contribution in [-0.2, 0) is 14.3 Å². The maximum absolute atomic E-state index is 11.8. The van der Waals surface area contributed by atoms with E-state index >= 15 is 0 Å². The van der Waals surface area contributed by atoms with Crippen molar-refractivity contribution in [3.05, 3.63) is 28.2 Å². The molecule has 0 radical (unpaired) electrons. The van der Waals surface area contributed by atoms with Crippen LogP contribution in [0.5, 0.6) is 5.75 Å². The minimum atomic E-state index is -0.331. The van der Waals surface area contributed by atoms with Gasteiger partial charge in [-0.3, -0.25) is 9.59 Å². The second kappa shape index (κ2) is 8.74. The van der Waals surface area contributed by atoms with Crippen molar-refractivity contribution in [2.45, 2.75) is 13.3 Å². The Labute approximate surface area is 133 Å². The molecule has 0 heterocycles. The lowest BCUT2D eigenvalue weighted by molar-refractivity contribution is -0.144. The van der Waals surface area contributed by atoms with Crippen LogP contribution in [0.4, 0.5) is 0 Å². The van der Waals surface area contributed by atoms with Gasteiger partial charge >= 0.3 is 5.97 Å². The predicted molar refractivity (Wildman–Crippen MR) is 80.8 cm³/mol. The van der Waals surface area contributed by atoms with Crippen LogP contribution in [0.1, 0.15) is 13.3 Å². The zero-order valence-corrected chi connectivity index (χ0v) is 13.4. The van der Waals surface area contributed by atoms with Gasteiger partial charge in [0.1, 0.15) is 5.75 Å². The Morgan fingerprint density at radius 2 is 1.95 bits per heavy atom. The van der Waals surface area contributed by atoms with Crippen molar-refractivity contribution in [3.63, 3.8) is 0 Å². The molecule has 1 rings (SSSR count). The molecule has 0 bridgehead atoms. The average molecular weight is 334 g/mol. The normalized spacial score (nSPS) is 10.1. The number of halogens is 2. The molecule has 0 spiro atoms. The highest BCUT2D eigenvalue weighted by Crippen LogP contribution is 2.26. The second-order valence-corrected chi connectivity index (χ2v) is 5.05. The Morgan fingerprint density at radius 1 is 1.24 bits per heavy atom. The molecule has 0 saturated heterocycles. The molecule has 0 aromatic heterocycles. The van der Waals surface area contributed by atoms with E-state index in [2.05, 4.69) is 0 Å². The van der Waals surface area contributed by atoms with Crippen LogP contribution >= 0.6 is 23.2 Å². The molecule has 7 heteroatoms. The van der Waals surface area contributed by atoms with Gasteiger partial charge in [-0.1, -0.05) is 23.2 Å². The van der Waals surface area contributed by atoms with Crippen molar-refractivity contribution in [1.82, 2.24) is 4.90 Å². The first kappa shape index (κ1) is 17.6. The zero-order chi connectivity index (χ0) is 15.8. The summed E-state index contributed by atoms with van der Waals surface area (Å²) in [6, 6.07) is 4.75. The van der Waals surface area contributed by atoms with E-state index in [0.717, 1.165) is 0 Å². The van der Waals surface area contributed by atoms with Gasteiger partial charge in [0.2, 0.25) is 0 Å². The molecule has 0 aliphatic rings. The smallest absolute Gasteiger partial charge is 0.307 e. The van der Waals surface area contributed by atoms with Crippen molar-refractivity contribution in [1.29, 1.82) is 0 Å². The minimum absolute atomic E-state index is 0.142. The number of rotatable bonds is 7. The van der Waals surface area contributed by atoms with Gasteiger partial charge in [0.05, 0.1) is 23.1 Å². The summed E-state index contributed by atoms with van der Waals surface area (Å²) < 4.78 is 10.1. The Hall–Kier alpha value is -1.46. The van der Waals surface area contributed by atoms with E-state index in [1.54, 1.807) is 26.1 Å². The van der Waals surface area contributed by atoms with Crippen LogP contribution in [0.25, 0.3) is 0 Å². The lowest BCUT2D eigenvalue weighted by Gasteiger charge is -2.17. The number of amides is 1. The molecule has 5 nitrogen and oxygen atoms in total. The number of carbonyl (C=O) groups excluding carboxylic acids is 2. The summed E-state index contributed by atoms with van der Waals surface area (Å²) in [6.45, 7) is 2.20. The number of likely N-dealkylation sites (N-methyl/N-ethyl adjacent to an activating group) is 1. The summed E-state index contributed by atoms with van der Waals surface area (Å²) in [7, 11) is 1.60. The molecule has 116 valence electrons. The molecular formula is C14H17Cl2NO4. The zero-order valence-electron chi connectivity index (χ0n) is 11.9. The Bertz CT molecular complexity index is 508. The number of hydrogen-bond acceptors (Lipinski definition) is 4. The summed E-state index contributed by atoms with van der Waals surface area (Å²) in [5, 5.41) is 0.777. The van der Waals surface area contributed by atoms with Gasteiger partial charge in [-0.15, -0.1) is 0 Å². The van der Waals surface area contributed by atoms with Gasteiger partial charge in [0, 0.05) is 19.7 Å². The number of ether oxygens (including phenoxy) is 2. The standard InChI is InChI=1S/C14H17Cl2NO4/c1-3-20-14(19)6-7-17(2)13(18)9-21-10-4-5-11(15)12(16)8-10/h4-5,8H,3,6-7,9H2,1-2H3. The van der Waals surface area contributed by atoms with Crippen LogP contribution in [0.3, 0.4) is 0 Å². The SMILES string of the molecule is CCOC(=O)CCN(C)C(=O)COc1ccc(Cl)c(Cl)c1. The first-order valence-corrected chi connectivity index (χ1v) is 7.17. The van der Waals surface area contributed by atoms with Crippen LogP contribution in [-0.4, -0.2) is 43.6 Å². The number of carbonyl (C=O) groups is 2. The Balaban J connectivity index is 2.38. The van der Waals surface area contributed by atoms with E-state index in [0.29, 0.717) is 22.4 Å². The fraction of sp³-hybridized carbons (Fsp3) is 0.429. The summed E-state index contributed by atoms with van der Waals surface area (Å²) in [6.07, 6.45) is 0.156. The van der Waals surface area contributed by atoms with Crippen molar-refractivity contribution in [3.8, 4) is 5.75 Å². The monoisotopic (exact) mass is 333 g/mol. The van der Waals surface area contributed by atoms with E-state index in [9.17, 15) is 9.59 Å². The van der Waals surface area contributed by atoms with Crippen molar-refractivity contribution in [2.75, 3.05) is 26.8 Å². The predicted octanol–water partition coefficient (Wildman–Crippen LogP) is 2.78. The maximum Gasteiger partial charge on any atom is 0.307 e. The number of benzene rings is 1. The molecule has 1 amide bonds. The molecule has 0 aliphatic heterocycles. The fourth-order valence-corrected chi connectivity index (χ4v) is 1.73. The van der Waals surface area contributed by atoms with Crippen molar-refractivity contribution < 1.29 is 19.1 Å². The van der Waals surface area contributed by atoms with Crippen LogP contribution < -0.4 is 4.74 Å². The lowest BCUT2D eigenvalue weighted by atomic mass is 10.3. The molecule has 21 heavy (non-hydrogen) atoms. The highest BCUT2D eigenvalue weighted by molar-refractivity contribution is 6.42. The third kappa shape index (κ3) is 6.23. The van der Waals surface area contributed by atoms with Gasteiger partial charge in [0.15, 0.2) is 6.61 Å². The first-order valence-electron chi connectivity index (χ1n) is 6.41. The quantitative estimate of drug-likeness (QED) is 0.720. The highest BCUT2D eigenvalue weighted by atomic mass is 35.5. The second-order valence-electron chi connectivity index (χ2n) is 4.23. The maximum atomic E-state index is 11.8. The third-order valence-electron chi connectivity index (χ3n) is 2.64. The summed E-state index contributed by atoms with van der Waals surface area (Å²) in [5.74, 6) is -0.121. The molecule has 1 aromatic carbocycles. The lowest BCUT2D eigenvalue weighted by Crippen LogP contribution is -2.33. The van der Waals surface area contributed by atoms with E-state index in [1.807, 2.05) is 0 Å². The Kier molecular flexibility index (Phi) is 7.32. The summed E-state index contributed by atoms with van der Waals surface area (Å²) >= 11 is 11.6. The molecule has 0 unspecified atom stereocenters. The largest absolute Gasteiger partial charge is 0.484 e. The van der Waals surface area contributed by atoms with Gasteiger partial charge in [-0.2, -0.15) is 0 Å². The third-order valence-corrected chi connectivity index (χ3v) is 3.37. The number of esters is 1. The van der Waals surface area contributed by atoms with Crippen LogP contribution in [0.15, 0.2) is 18.2 Å². The van der Waals surface area contributed by atoms with Gasteiger partial charge in [-0.25, -0.2) is 0 Å². The van der Waals surface area contributed by atoms with Gasteiger partial charge in [-0.05, 0) is 19.1 Å². The molecule has 0 atom stereocenters. The average Bonchev–Trinajstić information content (AvgIpc) is 2.46. The molecule has 1 aromatic rings. The summed E-state index contributed by atoms with van der Waals surface area (Å²) in [5.41, 5.74) is 0. The number of hydrogen-bond donors (Lipinski definition) is 0. The summed E-state index contributed by atoms with van der Waals surface area (Å²) in [4.78, 5) is 24.4. The van der Waals surface area contributed by atoms with Crippen molar-refractivity contribution in [2.24, 2.45) is 0 Å². The topological polar surface area (TPSA) is 55.8 Å². The van der Waals surface area contributed by atoms with E-state index in [1.165, 1.54) is 11.0 Å². The van der Waals surface area contributed by atoms with Crippen LogP contribution in [0, 0.1) is 0 Å². The fourth-order valence-electron chi connectivity index (χ4n) is 1.44. The van der Waals surface area contributed by atoms with Gasteiger partial charge in [0.25, 0.3) is 5.91 Å². The number of nitrogens with zero attached hydrogens (tertiary/aromatic N) is 1. The van der Waals surface area contributed by atoms with E-state index < -0.39 is 0 Å². The van der Waals surface area contributed by atoms with E-state index in [4.69, 9.17) is 32.7 Å². The molecule has 0 fully saturated rings. The first-order chi connectivity index (χ1) is 9.93. The molecule has 0 saturated carbocycles. The Morgan fingerprint density at radius 3 is 2.57 bits per heavy atom. The highest BCUT2D eigenvalue weighted by Gasteiger charge is 2.12.